The van der Waals surface area contributed by atoms with E-state index in [9.17, 15) is 0 Å². The fraction of sp³-hybridized carbons (Fsp3) is 0. The number of hydrogen-bond acceptors (Lipinski definition) is 1. The molecule has 0 aromatic heterocycles. The van der Waals surface area contributed by atoms with E-state index >= 15 is 0 Å². The molecule has 0 aliphatic rings. The van der Waals surface area contributed by atoms with Crippen molar-refractivity contribution in [1.29, 1.82) is 0 Å². The minimum atomic E-state index is 1.12. The van der Waals surface area contributed by atoms with Crippen LogP contribution in [-0.2, 0) is 0 Å². The highest BCUT2D eigenvalue weighted by molar-refractivity contribution is 6.12. The molecule has 1 heteroatoms. The second kappa shape index (κ2) is 14.0. The standard InChI is InChI=1S/C54H37N/c1-4-17-39(18-5-1)45-32-34-52(50-26-14-12-24-48(45)50)55(53-35-33-46(40-19-6-2-7-20-40)49-25-13-15-27-51(49)53)54-37-44(30-31-47(54)41-21-8-3-9-22-41)43-29-28-38-16-10-11-23-42(38)36-43/h1-37H. The summed E-state index contributed by atoms with van der Waals surface area (Å²) in [6.07, 6.45) is 0. The maximum atomic E-state index is 2.51. The van der Waals surface area contributed by atoms with Crippen molar-refractivity contribution in [2.45, 2.75) is 0 Å². The van der Waals surface area contributed by atoms with Gasteiger partial charge in [0.15, 0.2) is 0 Å². The lowest BCUT2D eigenvalue weighted by atomic mass is 9.92. The van der Waals surface area contributed by atoms with Crippen LogP contribution in [0, 0.1) is 0 Å². The van der Waals surface area contributed by atoms with Crippen LogP contribution in [0.2, 0.25) is 0 Å². The Bertz CT molecular complexity index is 2840. The summed E-state index contributed by atoms with van der Waals surface area (Å²) in [6.45, 7) is 0. The van der Waals surface area contributed by atoms with Crippen molar-refractivity contribution in [2.24, 2.45) is 0 Å². The Morgan fingerprint density at radius 1 is 0.218 bits per heavy atom. The Balaban J connectivity index is 1.29. The monoisotopic (exact) mass is 699 g/mol. The molecule has 0 spiro atoms. The summed E-state index contributed by atoms with van der Waals surface area (Å²) >= 11 is 0. The molecule has 0 aliphatic heterocycles. The van der Waals surface area contributed by atoms with Crippen LogP contribution in [0.15, 0.2) is 224 Å². The summed E-state index contributed by atoms with van der Waals surface area (Å²) in [5, 5.41) is 7.28. The molecular weight excluding hydrogens is 663 g/mol. The lowest BCUT2D eigenvalue weighted by Crippen LogP contribution is -2.13. The van der Waals surface area contributed by atoms with E-state index in [0.29, 0.717) is 0 Å². The molecule has 0 amide bonds. The summed E-state index contributed by atoms with van der Waals surface area (Å²) in [5.74, 6) is 0. The second-order valence-electron chi connectivity index (χ2n) is 14.1. The Morgan fingerprint density at radius 3 is 1.16 bits per heavy atom. The van der Waals surface area contributed by atoms with Crippen LogP contribution in [0.25, 0.3) is 76.8 Å². The minimum Gasteiger partial charge on any atom is -0.309 e. The third-order valence-electron chi connectivity index (χ3n) is 10.9. The molecule has 1 nitrogen and oxygen atoms in total. The molecule has 0 N–H and O–H groups in total. The first-order valence-corrected chi connectivity index (χ1v) is 18.9. The number of fused-ring (bicyclic) bond motifs is 3. The first-order valence-electron chi connectivity index (χ1n) is 18.9. The van der Waals surface area contributed by atoms with E-state index in [2.05, 4.69) is 229 Å². The van der Waals surface area contributed by atoms with E-state index in [1.165, 1.54) is 71.3 Å². The van der Waals surface area contributed by atoms with E-state index in [-0.39, 0.29) is 0 Å². The van der Waals surface area contributed by atoms with Crippen molar-refractivity contribution in [3.05, 3.63) is 224 Å². The number of hydrogen-bond donors (Lipinski definition) is 0. The van der Waals surface area contributed by atoms with Crippen molar-refractivity contribution >= 4 is 49.4 Å². The quantitative estimate of drug-likeness (QED) is 0.160. The molecule has 10 rings (SSSR count). The smallest absolute Gasteiger partial charge is 0.0546 e. The van der Waals surface area contributed by atoms with Gasteiger partial charge in [-0.1, -0.05) is 200 Å². The summed E-state index contributed by atoms with van der Waals surface area (Å²) in [7, 11) is 0. The summed E-state index contributed by atoms with van der Waals surface area (Å²) in [6, 6.07) is 81.6. The maximum Gasteiger partial charge on any atom is 0.0546 e. The van der Waals surface area contributed by atoms with Crippen molar-refractivity contribution < 1.29 is 0 Å². The van der Waals surface area contributed by atoms with Crippen LogP contribution >= 0.6 is 0 Å². The molecule has 0 radical (unpaired) electrons. The molecule has 55 heavy (non-hydrogen) atoms. The van der Waals surface area contributed by atoms with Gasteiger partial charge >= 0.3 is 0 Å². The Labute approximate surface area is 322 Å². The molecule has 0 saturated carbocycles. The number of anilines is 3. The zero-order valence-electron chi connectivity index (χ0n) is 30.3. The Hall–Kier alpha value is -7.22. The van der Waals surface area contributed by atoms with Crippen LogP contribution in [0.1, 0.15) is 0 Å². The number of rotatable bonds is 7. The van der Waals surface area contributed by atoms with Crippen LogP contribution < -0.4 is 4.90 Å². The Kier molecular flexibility index (Phi) is 8.24. The zero-order valence-corrected chi connectivity index (χ0v) is 30.3. The normalized spacial score (nSPS) is 11.3. The highest BCUT2D eigenvalue weighted by Gasteiger charge is 2.24. The van der Waals surface area contributed by atoms with Gasteiger partial charge in [0.25, 0.3) is 0 Å². The number of benzene rings is 10. The van der Waals surface area contributed by atoms with E-state index < -0.39 is 0 Å². The molecular formula is C54H37N. The molecule has 0 aliphatic carbocycles. The first kappa shape index (κ1) is 32.4. The van der Waals surface area contributed by atoms with Gasteiger partial charge in [-0.15, -0.1) is 0 Å². The van der Waals surface area contributed by atoms with Crippen LogP contribution in [0.4, 0.5) is 17.1 Å². The van der Waals surface area contributed by atoms with E-state index in [4.69, 9.17) is 0 Å². The minimum absolute atomic E-state index is 1.12. The van der Waals surface area contributed by atoms with Crippen molar-refractivity contribution in [3.8, 4) is 44.5 Å². The predicted molar refractivity (Wildman–Crippen MR) is 235 cm³/mol. The fourth-order valence-corrected chi connectivity index (χ4v) is 8.21. The van der Waals surface area contributed by atoms with E-state index in [0.717, 1.165) is 22.6 Å². The van der Waals surface area contributed by atoms with Gasteiger partial charge in [0.05, 0.1) is 17.1 Å². The summed E-state index contributed by atoms with van der Waals surface area (Å²) in [4.78, 5) is 2.51. The third kappa shape index (κ3) is 5.93. The molecule has 0 unspecified atom stereocenters. The molecule has 0 fully saturated rings. The van der Waals surface area contributed by atoms with Gasteiger partial charge in [-0.3, -0.25) is 0 Å². The molecule has 0 saturated heterocycles. The third-order valence-corrected chi connectivity index (χ3v) is 10.9. The number of nitrogens with zero attached hydrogens (tertiary/aromatic N) is 1. The zero-order chi connectivity index (χ0) is 36.6. The average molecular weight is 700 g/mol. The van der Waals surface area contributed by atoms with Gasteiger partial charge in [0, 0.05) is 16.3 Å². The predicted octanol–water partition coefficient (Wildman–Crippen LogP) is 15.3. The van der Waals surface area contributed by atoms with E-state index in [1.54, 1.807) is 0 Å². The largest absolute Gasteiger partial charge is 0.309 e. The van der Waals surface area contributed by atoms with Gasteiger partial charge in [0.1, 0.15) is 0 Å². The SMILES string of the molecule is c1ccc(-c2ccc(-c3ccc4ccccc4c3)cc2N(c2ccc(-c3ccccc3)c3ccccc23)c2ccc(-c3ccccc3)c3ccccc23)cc1. The van der Waals surface area contributed by atoms with Gasteiger partial charge in [-0.05, 0) is 84.8 Å². The van der Waals surface area contributed by atoms with Crippen LogP contribution in [0.5, 0.6) is 0 Å². The lowest BCUT2D eigenvalue weighted by Gasteiger charge is -2.31. The molecule has 0 heterocycles. The Morgan fingerprint density at radius 2 is 0.618 bits per heavy atom. The van der Waals surface area contributed by atoms with E-state index in [1.807, 2.05) is 0 Å². The first-order chi connectivity index (χ1) is 27.3. The van der Waals surface area contributed by atoms with Gasteiger partial charge in [-0.25, -0.2) is 0 Å². The van der Waals surface area contributed by atoms with Gasteiger partial charge in [-0.2, -0.15) is 0 Å². The van der Waals surface area contributed by atoms with Gasteiger partial charge in [0.2, 0.25) is 0 Å². The average Bonchev–Trinajstić information content (AvgIpc) is 3.27. The van der Waals surface area contributed by atoms with Crippen molar-refractivity contribution in [1.82, 2.24) is 0 Å². The maximum absolute atomic E-state index is 2.51. The molecule has 10 aromatic rings. The van der Waals surface area contributed by atoms with Crippen molar-refractivity contribution in [2.75, 3.05) is 4.90 Å². The highest BCUT2D eigenvalue weighted by atomic mass is 15.1. The molecule has 0 bridgehead atoms. The molecule has 0 atom stereocenters. The van der Waals surface area contributed by atoms with Crippen molar-refractivity contribution in [3.63, 3.8) is 0 Å². The summed E-state index contributed by atoms with van der Waals surface area (Å²) < 4.78 is 0. The highest BCUT2D eigenvalue weighted by Crippen LogP contribution is 2.49. The van der Waals surface area contributed by atoms with Crippen LogP contribution in [0.3, 0.4) is 0 Å². The fourth-order valence-electron chi connectivity index (χ4n) is 8.21. The molecule has 258 valence electrons. The van der Waals surface area contributed by atoms with Gasteiger partial charge < -0.3 is 4.90 Å². The lowest BCUT2D eigenvalue weighted by molar-refractivity contribution is 1.31. The topological polar surface area (TPSA) is 3.24 Å². The van der Waals surface area contributed by atoms with Crippen LogP contribution in [-0.4, -0.2) is 0 Å². The molecule has 10 aromatic carbocycles. The summed E-state index contributed by atoms with van der Waals surface area (Å²) in [5.41, 5.74) is 12.9. The second-order valence-corrected chi connectivity index (χ2v) is 14.1.